The van der Waals surface area contributed by atoms with Crippen molar-refractivity contribution in [2.45, 2.75) is 13.8 Å². The minimum atomic E-state index is 0.0926. The summed E-state index contributed by atoms with van der Waals surface area (Å²) in [6.45, 7) is 3.09. The Morgan fingerprint density at radius 3 is 1.60 bits per heavy atom. The van der Waals surface area contributed by atoms with Crippen LogP contribution in [0.5, 0.6) is 0 Å². The number of carbonyl (C=O) groups excluding carboxylic acids is 2. The lowest BCUT2D eigenvalue weighted by molar-refractivity contribution is -0.126. The zero-order chi connectivity index (χ0) is 11.8. The molecule has 0 aromatic heterocycles. The number of hydrogen-bond donors (Lipinski definition) is 0. The Bertz CT molecular complexity index is 318. The standard InChI is InChI=1S/C8H8O.C4H9NO/c1-7(9)8-5-3-2-4-6-8;1-4(6)5(2)3/h2-6H,1H3;1-3H3. The third kappa shape index (κ3) is 6.43. The van der Waals surface area contributed by atoms with E-state index in [1.54, 1.807) is 21.0 Å². The van der Waals surface area contributed by atoms with Gasteiger partial charge in [0.25, 0.3) is 0 Å². The van der Waals surface area contributed by atoms with Crippen LogP contribution in [0.2, 0.25) is 0 Å². The first kappa shape index (κ1) is 13.4. The summed E-state index contributed by atoms with van der Waals surface area (Å²) in [5.41, 5.74) is 0.775. The van der Waals surface area contributed by atoms with Gasteiger partial charge in [-0.1, -0.05) is 30.3 Å². The van der Waals surface area contributed by atoms with Crippen molar-refractivity contribution in [2.75, 3.05) is 14.1 Å². The zero-order valence-electron chi connectivity index (χ0n) is 9.65. The second-order valence-electron chi connectivity index (χ2n) is 3.34. The average molecular weight is 207 g/mol. The lowest BCUT2D eigenvalue weighted by Gasteiger charge is -2.02. The van der Waals surface area contributed by atoms with Crippen LogP contribution in [-0.2, 0) is 4.79 Å². The third-order valence-electron chi connectivity index (χ3n) is 1.81. The number of rotatable bonds is 1. The predicted molar refractivity (Wildman–Crippen MR) is 60.8 cm³/mol. The van der Waals surface area contributed by atoms with Gasteiger partial charge in [-0.3, -0.25) is 9.59 Å². The normalized spacial score (nSPS) is 8.53. The van der Waals surface area contributed by atoms with Crippen LogP contribution in [0.4, 0.5) is 0 Å². The number of Topliss-reactive ketones (excluding diaryl/α,β-unsaturated/α-hetero) is 1. The molecule has 0 saturated heterocycles. The van der Waals surface area contributed by atoms with Gasteiger partial charge in [-0.05, 0) is 6.92 Å². The molecule has 82 valence electrons. The van der Waals surface area contributed by atoms with Gasteiger partial charge in [-0.15, -0.1) is 0 Å². The molecular weight excluding hydrogens is 190 g/mol. The molecule has 0 fully saturated rings. The Labute approximate surface area is 90.7 Å². The molecule has 0 heterocycles. The second-order valence-corrected chi connectivity index (χ2v) is 3.34. The Hall–Kier alpha value is -1.64. The fraction of sp³-hybridized carbons (Fsp3) is 0.333. The first-order valence-corrected chi connectivity index (χ1v) is 4.69. The molecule has 1 amide bonds. The number of amides is 1. The van der Waals surface area contributed by atoms with Gasteiger partial charge in [0.05, 0.1) is 0 Å². The van der Waals surface area contributed by atoms with E-state index < -0.39 is 0 Å². The molecule has 1 aromatic carbocycles. The average Bonchev–Trinajstić information content (AvgIpc) is 2.20. The molecule has 0 bridgehead atoms. The molecule has 0 radical (unpaired) electrons. The molecule has 0 saturated carbocycles. The van der Waals surface area contributed by atoms with Gasteiger partial charge >= 0.3 is 0 Å². The van der Waals surface area contributed by atoms with Crippen molar-refractivity contribution in [3.8, 4) is 0 Å². The van der Waals surface area contributed by atoms with E-state index >= 15 is 0 Å². The van der Waals surface area contributed by atoms with E-state index in [0.29, 0.717) is 0 Å². The number of carbonyl (C=O) groups is 2. The van der Waals surface area contributed by atoms with Crippen LogP contribution in [0.25, 0.3) is 0 Å². The predicted octanol–water partition coefficient (Wildman–Crippen LogP) is 1.98. The van der Waals surface area contributed by atoms with Gasteiger partial charge in [0, 0.05) is 26.6 Å². The molecule has 0 atom stereocenters. The fourth-order valence-corrected chi connectivity index (χ4v) is 0.673. The van der Waals surface area contributed by atoms with Gasteiger partial charge in [-0.25, -0.2) is 0 Å². The van der Waals surface area contributed by atoms with Crippen LogP contribution in [0.3, 0.4) is 0 Å². The van der Waals surface area contributed by atoms with Crippen LogP contribution in [0, 0.1) is 0 Å². The van der Waals surface area contributed by atoms with Crippen molar-refractivity contribution in [1.29, 1.82) is 0 Å². The van der Waals surface area contributed by atoms with Crippen molar-refractivity contribution in [1.82, 2.24) is 4.90 Å². The van der Waals surface area contributed by atoms with E-state index in [1.165, 1.54) is 11.8 Å². The van der Waals surface area contributed by atoms with Crippen molar-refractivity contribution in [3.05, 3.63) is 35.9 Å². The second kappa shape index (κ2) is 6.76. The van der Waals surface area contributed by atoms with Crippen LogP contribution in [-0.4, -0.2) is 30.7 Å². The van der Waals surface area contributed by atoms with Gasteiger partial charge in [0.15, 0.2) is 5.78 Å². The minimum absolute atomic E-state index is 0.0926. The number of benzene rings is 1. The summed E-state index contributed by atoms with van der Waals surface area (Å²) in [6, 6.07) is 9.23. The molecule has 3 heteroatoms. The first-order chi connectivity index (χ1) is 6.95. The molecule has 15 heavy (non-hydrogen) atoms. The fourth-order valence-electron chi connectivity index (χ4n) is 0.673. The maximum absolute atomic E-state index is 10.6. The molecule has 0 aliphatic carbocycles. The zero-order valence-corrected chi connectivity index (χ0v) is 9.65. The molecule has 0 aliphatic rings. The van der Waals surface area contributed by atoms with Crippen molar-refractivity contribution in [2.24, 2.45) is 0 Å². The van der Waals surface area contributed by atoms with Gasteiger partial charge in [-0.2, -0.15) is 0 Å². The molecule has 0 aliphatic heterocycles. The van der Waals surface area contributed by atoms with E-state index in [0.717, 1.165) is 5.56 Å². The van der Waals surface area contributed by atoms with E-state index in [2.05, 4.69) is 0 Å². The van der Waals surface area contributed by atoms with Crippen molar-refractivity contribution < 1.29 is 9.59 Å². The molecule has 0 unspecified atom stereocenters. The quantitative estimate of drug-likeness (QED) is 0.660. The molecule has 1 aromatic rings. The number of ketones is 1. The Balaban J connectivity index is 0.000000288. The summed E-state index contributed by atoms with van der Waals surface area (Å²) < 4.78 is 0. The monoisotopic (exact) mass is 207 g/mol. The SMILES string of the molecule is CC(=O)N(C)C.CC(=O)c1ccccc1. The summed E-state index contributed by atoms with van der Waals surface area (Å²) in [6.07, 6.45) is 0. The highest BCUT2D eigenvalue weighted by molar-refractivity contribution is 5.93. The van der Waals surface area contributed by atoms with Crippen molar-refractivity contribution >= 4 is 11.7 Å². The van der Waals surface area contributed by atoms with Gasteiger partial charge in [0.2, 0.25) is 5.91 Å². The Morgan fingerprint density at radius 2 is 1.40 bits per heavy atom. The van der Waals surface area contributed by atoms with Crippen molar-refractivity contribution in [3.63, 3.8) is 0 Å². The summed E-state index contributed by atoms with van der Waals surface area (Å²) in [7, 11) is 3.45. The Kier molecular flexibility index (Phi) is 6.02. The first-order valence-electron chi connectivity index (χ1n) is 4.69. The van der Waals surface area contributed by atoms with E-state index in [9.17, 15) is 9.59 Å². The van der Waals surface area contributed by atoms with Crippen LogP contribution in [0.1, 0.15) is 24.2 Å². The third-order valence-corrected chi connectivity index (χ3v) is 1.81. The van der Waals surface area contributed by atoms with E-state index in [-0.39, 0.29) is 11.7 Å². The van der Waals surface area contributed by atoms with E-state index in [1.807, 2.05) is 30.3 Å². The van der Waals surface area contributed by atoms with E-state index in [4.69, 9.17) is 0 Å². The lowest BCUT2D eigenvalue weighted by Crippen LogP contribution is -2.17. The molecule has 0 spiro atoms. The molecule has 1 rings (SSSR count). The summed E-state index contributed by atoms with van der Waals surface area (Å²) in [5.74, 6) is 0.214. The largest absolute Gasteiger partial charge is 0.349 e. The molecule has 3 nitrogen and oxygen atoms in total. The minimum Gasteiger partial charge on any atom is -0.349 e. The highest BCUT2D eigenvalue weighted by Crippen LogP contribution is 1.97. The molecule has 0 N–H and O–H groups in total. The maximum Gasteiger partial charge on any atom is 0.218 e. The van der Waals surface area contributed by atoms with Crippen LogP contribution >= 0.6 is 0 Å². The summed E-state index contributed by atoms with van der Waals surface area (Å²) >= 11 is 0. The number of nitrogens with zero attached hydrogens (tertiary/aromatic N) is 1. The Morgan fingerprint density at radius 1 is 1.00 bits per heavy atom. The smallest absolute Gasteiger partial charge is 0.218 e. The van der Waals surface area contributed by atoms with Gasteiger partial charge < -0.3 is 4.90 Å². The highest BCUT2D eigenvalue weighted by atomic mass is 16.2. The van der Waals surface area contributed by atoms with Crippen LogP contribution in [0.15, 0.2) is 30.3 Å². The van der Waals surface area contributed by atoms with Crippen LogP contribution < -0.4 is 0 Å². The maximum atomic E-state index is 10.6. The van der Waals surface area contributed by atoms with Gasteiger partial charge in [0.1, 0.15) is 0 Å². The number of hydrogen-bond acceptors (Lipinski definition) is 2. The highest BCUT2D eigenvalue weighted by Gasteiger charge is 1.92. The lowest BCUT2D eigenvalue weighted by atomic mass is 10.2. The molecular formula is C12H17NO2. The topological polar surface area (TPSA) is 37.4 Å². The summed E-state index contributed by atoms with van der Waals surface area (Å²) in [5, 5.41) is 0. The summed E-state index contributed by atoms with van der Waals surface area (Å²) in [4.78, 5) is 22.2.